The molecular weight excluding hydrogens is 288 g/mol. The van der Waals surface area contributed by atoms with Gasteiger partial charge in [-0.15, -0.1) is 0 Å². The minimum atomic E-state index is -0.0631. The number of ether oxygens (including phenoxy) is 1. The van der Waals surface area contributed by atoms with Crippen molar-refractivity contribution in [1.82, 2.24) is 0 Å². The highest BCUT2D eigenvalue weighted by atomic mass is 16.5. The third kappa shape index (κ3) is 4.03. The summed E-state index contributed by atoms with van der Waals surface area (Å²) < 4.78 is 5.56. The van der Waals surface area contributed by atoms with Crippen LogP contribution in [0, 0.1) is 6.92 Å². The quantitative estimate of drug-likeness (QED) is 0.819. The van der Waals surface area contributed by atoms with Crippen molar-refractivity contribution in [2.75, 3.05) is 23.8 Å². The van der Waals surface area contributed by atoms with Crippen molar-refractivity contribution in [2.45, 2.75) is 27.2 Å². The Bertz CT molecular complexity index is 683. The normalized spacial score (nSPS) is 10.4. The van der Waals surface area contributed by atoms with Crippen LogP contribution in [0.3, 0.4) is 0 Å². The maximum atomic E-state index is 12.8. The smallest absolute Gasteiger partial charge is 0.258 e. The predicted octanol–water partition coefficient (Wildman–Crippen LogP) is 4.03. The van der Waals surface area contributed by atoms with E-state index in [2.05, 4.69) is 0 Å². The van der Waals surface area contributed by atoms with Gasteiger partial charge in [-0.05, 0) is 56.2 Å². The van der Waals surface area contributed by atoms with Crippen LogP contribution in [0.2, 0.25) is 0 Å². The number of nitrogens with zero attached hydrogens (tertiary/aromatic N) is 1. The van der Waals surface area contributed by atoms with E-state index in [4.69, 9.17) is 10.5 Å². The highest BCUT2D eigenvalue weighted by Crippen LogP contribution is 2.25. The van der Waals surface area contributed by atoms with Crippen molar-refractivity contribution < 1.29 is 9.53 Å². The number of carbonyl (C=O) groups is 1. The molecule has 0 radical (unpaired) electrons. The van der Waals surface area contributed by atoms with Crippen molar-refractivity contribution >= 4 is 17.3 Å². The van der Waals surface area contributed by atoms with E-state index in [9.17, 15) is 4.79 Å². The number of carbonyl (C=O) groups excluding carboxylic acids is 1. The number of hydrogen-bond acceptors (Lipinski definition) is 3. The van der Waals surface area contributed by atoms with Gasteiger partial charge in [0.05, 0.1) is 12.3 Å². The van der Waals surface area contributed by atoms with Crippen LogP contribution in [0.4, 0.5) is 11.4 Å². The summed E-state index contributed by atoms with van der Waals surface area (Å²) in [4.78, 5) is 14.5. The van der Waals surface area contributed by atoms with E-state index in [1.165, 1.54) is 0 Å². The number of amides is 1. The molecule has 2 aromatic rings. The Morgan fingerprint density at radius 2 is 1.96 bits per heavy atom. The Hall–Kier alpha value is -2.49. The summed E-state index contributed by atoms with van der Waals surface area (Å²) in [6.45, 7) is 7.22. The first-order chi connectivity index (χ1) is 11.1. The molecule has 2 aromatic carbocycles. The molecule has 0 aliphatic heterocycles. The van der Waals surface area contributed by atoms with Crippen molar-refractivity contribution in [3.05, 3.63) is 53.6 Å². The van der Waals surface area contributed by atoms with Crippen molar-refractivity contribution in [3.8, 4) is 5.75 Å². The minimum absolute atomic E-state index is 0.0631. The summed E-state index contributed by atoms with van der Waals surface area (Å²) in [6, 6.07) is 13.1. The molecule has 0 atom stereocenters. The zero-order valence-electron chi connectivity index (χ0n) is 14.0. The van der Waals surface area contributed by atoms with Crippen LogP contribution in [-0.4, -0.2) is 19.1 Å². The number of benzene rings is 2. The van der Waals surface area contributed by atoms with E-state index in [-0.39, 0.29) is 5.91 Å². The summed E-state index contributed by atoms with van der Waals surface area (Å²) in [5.74, 6) is 0.564. The van der Waals surface area contributed by atoms with Crippen molar-refractivity contribution in [1.29, 1.82) is 0 Å². The van der Waals surface area contributed by atoms with Gasteiger partial charge >= 0.3 is 0 Å². The molecule has 1 amide bonds. The van der Waals surface area contributed by atoms with Gasteiger partial charge < -0.3 is 15.4 Å². The summed E-state index contributed by atoms with van der Waals surface area (Å²) in [5, 5.41) is 0. The van der Waals surface area contributed by atoms with Gasteiger partial charge in [-0.1, -0.05) is 19.1 Å². The van der Waals surface area contributed by atoms with Gasteiger partial charge in [0.1, 0.15) is 5.75 Å². The first kappa shape index (κ1) is 16.9. The van der Waals surface area contributed by atoms with Crippen molar-refractivity contribution in [3.63, 3.8) is 0 Å². The minimum Gasteiger partial charge on any atom is -0.491 e. The number of aryl methyl sites for hydroxylation is 1. The second-order valence-corrected chi connectivity index (χ2v) is 5.49. The van der Waals surface area contributed by atoms with E-state index in [1.807, 2.05) is 45.0 Å². The van der Waals surface area contributed by atoms with Crippen LogP contribution >= 0.6 is 0 Å². The summed E-state index contributed by atoms with van der Waals surface area (Å²) in [6.07, 6.45) is 0.914. The molecule has 0 aliphatic rings. The number of anilines is 2. The molecule has 0 aliphatic carbocycles. The van der Waals surface area contributed by atoms with E-state index in [0.717, 1.165) is 17.7 Å². The monoisotopic (exact) mass is 312 g/mol. The number of nitrogen functional groups attached to an aromatic ring is 1. The average molecular weight is 312 g/mol. The number of nitrogens with two attached hydrogens (primary N) is 1. The Labute approximate surface area is 137 Å². The zero-order chi connectivity index (χ0) is 16.8. The topological polar surface area (TPSA) is 55.6 Å². The van der Waals surface area contributed by atoms with Crippen LogP contribution in [0.5, 0.6) is 5.75 Å². The lowest BCUT2D eigenvalue weighted by atomic mass is 10.1. The highest BCUT2D eigenvalue weighted by Gasteiger charge is 2.17. The summed E-state index contributed by atoms with van der Waals surface area (Å²) >= 11 is 0. The van der Waals surface area contributed by atoms with E-state index >= 15 is 0 Å². The Morgan fingerprint density at radius 3 is 2.57 bits per heavy atom. The lowest BCUT2D eigenvalue weighted by molar-refractivity contribution is 0.0988. The first-order valence-corrected chi connectivity index (χ1v) is 7.97. The molecule has 2 rings (SSSR count). The third-order valence-electron chi connectivity index (χ3n) is 3.59. The molecule has 2 N–H and O–H groups in total. The predicted molar refractivity (Wildman–Crippen MR) is 95.2 cm³/mol. The number of hydrogen-bond donors (Lipinski definition) is 1. The molecule has 0 saturated heterocycles. The van der Waals surface area contributed by atoms with Gasteiger partial charge in [-0.3, -0.25) is 4.79 Å². The van der Waals surface area contributed by atoms with Gasteiger partial charge in [0, 0.05) is 17.8 Å². The van der Waals surface area contributed by atoms with Gasteiger partial charge in [0.15, 0.2) is 0 Å². The lowest BCUT2D eigenvalue weighted by Gasteiger charge is -2.22. The Morgan fingerprint density at radius 1 is 1.17 bits per heavy atom. The molecular formula is C19H24N2O2. The second kappa shape index (κ2) is 7.68. The Balaban J connectivity index is 2.26. The molecule has 122 valence electrons. The van der Waals surface area contributed by atoms with E-state index < -0.39 is 0 Å². The zero-order valence-corrected chi connectivity index (χ0v) is 14.0. The fourth-order valence-electron chi connectivity index (χ4n) is 2.42. The van der Waals surface area contributed by atoms with Crippen molar-refractivity contribution in [2.24, 2.45) is 0 Å². The van der Waals surface area contributed by atoms with Crippen LogP contribution < -0.4 is 15.4 Å². The molecule has 0 spiro atoms. The van der Waals surface area contributed by atoms with Gasteiger partial charge in [-0.25, -0.2) is 0 Å². The summed E-state index contributed by atoms with van der Waals surface area (Å²) in [7, 11) is 0. The van der Waals surface area contributed by atoms with Crippen LogP contribution in [0.25, 0.3) is 0 Å². The van der Waals surface area contributed by atoms with E-state index in [0.29, 0.717) is 30.2 Å². The maximum absolute atomic E-state index is 12.8. The molecule has 4 nitrogen and oxygen atoms in total. The third-order valence-corrected chi connectivity index (χ3v) is 3.59. The highest BCUT2D eigenvalue weighted by molar-refractivity contribution is 6.06. The Kier molecular flexibility index (Phi) is 5.63. The van der Waals surface area contributed by atoms with Crippen LogP contribution in [0.1, 0.15) is 36.2 Å². The maximum Gasteiger partial charge on any atom is 0.258 e. The fraction of sp³-hybridized carbons (Fsp3) is 0.316. The van der Waals surface area contributed by atoms with Gasteiger partial charge in [0.25, 0.3) is 5.91 Å². The molecule has 0 fully saturated rings. The molecule has 0 aromatic heterocycles. The first-order valence-electron chi connectivity index (χ1n) is 7.97. The molecule has 4 heteroatoms. The second-order valence-electron chi connectivity index (χ2n) is 5.49. The average Bonchev–Trinajstić information content (AvgIpc) is 2.54. The number of rotatable bonds is 6. The fourth-order valence-corrected chi connectivity index (χ4v) is 2.42. The van der Waals surface area contributed by atoms with Gasteiger partial charge in [-0.2, -0.15) is 0 Å². The lowest BCUT2D eigenvalue weighted by Crippen LogP contribution is -2.30. The molecule has 0 bridgehead atoms. The molecule has 0 heterocycles. The standard InChI is InChI=1S/C19H24N2O2/c1-4-11-23-18-10-9-15(13-17(18)20)19(22)21(5-2)16-8-6-7-14(3)12-16/h6-10,12-13H,4-5,11,20H2,1-3H3. The van der Waals surface area contributed by atoms with Gasteiger partial charge in [0.2, 0.25) is 0 Å². The molecule has 0 saturated carbocycles. The molecule has 23 heavy (non-hydrogen) atoms. The largest absolute Gasteiger partial charge is 0.491 e. The van der Waals surface area contributed by atoms with E-state index in [1.54, 1.807) is 23.1 Å². The molecule has 0 unspecified atom stereocenters. The SMILES string of the molecule is CCCOc1ccc(C(=O)N(CC)c2cccc(C)c2)cc1N. The van der Waals surface area contributed by atoms with Crippen LogP contribution in [-0.2, 0) is 0 Å². The summed E-state index contributed by atoms with van der Waals surface area (Å²) in [5.41, 5.74) is 9.08. The van der Waals surface area contributed by atoms with Crippen LogP contribution in [0.15, 0.2) is 42.5 Å².